The standard InChI is InChI=1S/C11H15NO4S/c1-2-10(9-6-4-3-5-7-9)12-17(15,16)8-11(13)14/h3-7,10,12H,2,8H2,1H3,(H,13,14). The van der Waals surface area contributed by atoms with Gasteiger partial charge in [0, 0.05) is 6.04 Å². The van der Waals surface area contributed by atoms with Crippen LogP contribution in [0.25, 0.3) is 0 Å². The van der Waals surface area contributed by atoms with Crippen LogP contribution in [0.15, 0.2) is 30.3 Å². The fourth-order valence-corrected chi connectivity index (χ4v) is 2.64. The Morgan fingerprint density at radius 1 is 1.35 bits per heavy atom. The molecule has 0 aliphatic carbocycles. The van der Waals surface area contributed by atoms with E-state index in [1.807, 2.05) is 25.1 Å². The first-order valence-corrected chi connectivity index (χ1v) is 6.86. The van der Waals surface area contributed by atoms with Crippen molar-refractivity contribution in [3.05, 3.63) is 35.9 Å². The third kappa shape index (κ3) is 4.54. The largest absolute Gasteiger partial charge is 0.480 e. The summed E-state index contributed by atoms with van der Waals surface area (Å²) in [5, 5.41) is 8.49. The summed E-state index contributed by atoms with van der Waals surface area (Å²) in [7, 11) is -3.79. The van der Waals surface area contributed by atoms with E-state index < -0.39 is 21.7 Å². The van der Waals surface area contributed by atoms with Crippen molar-refractivity contribution in [1.82, 2.24) is 4.72 Å². The fourth-order valence-electron chi connectivity index (χ4n) is 1.49. The van der Waals surface area contributed by atoms with Crippen molar-refractivity contribution < 1.29 is 18.3 Å². The molecule has 0 saturated carbocycles. The van der Waals surface area contributed by atoms with Crippen molar-refractivity contribution in [2.75, 3.05) is 5.75 Å². The Labute approximate surface area is 101 Å². The Balaban J connectivity index is 2.81. The highest BCUT2D eigenvalue weighted by atomic mass is 32.2. The molecular formula is C11H15NO4S. The second-order valence-electron chi connectivity index (χ2n) is 3.64. The van der Waals surface area contributed by atoms with Gasteiger partial charge in [0.1, 0.15) is 0 Å². The molecule has 0 aromatic heterocycles. The van der Waals surface area contributed by atoms with Crippen LogP contribution < -0.4 is 4.72 Å². The van der Waals surface area contributed by atoms with Gasteiger partial charge in [-0.1, -0.05) is 37.3 Å². The predicted octanol–water partition coefficient (Wildman–Crippen LogP) is 1.14. The molecule has 6 heteroatoms. The quantitative estimate of drug-likeness (QED) is 0.800. The van der Waals surface area contributed by atoms with E-state index >= 15 is 0 Å². The fraction of sp³-hybridized carbons (Fsp3) is 0.364. The first kappa shape index (κ1) is 13.7. The van der Waals surface area contributed by atoms with Crippen molar-refractivity contribution in [2.45, 2.75) is 19.4 Å². The molecule has 94 valence electrons. The number of benzene rings is 1. The van der Waals surface area contributed by atoms with Crippen LogP contribution >= 0.6 is 0 Å². The zero-order valence-corrected chi connectivity index (χ0v) is 10.3. The molecule has 0 bridgehead atoms. The van der Waals surface area contributed by atoms with E-state index in [0.29, 0.717) is 6.42 Å². The molecule has 1 aromatic rings. The van der Waals surface area contributed by atoms with Crippen molar-refractivity contribution in [3.8, 4) is 0 Å². The molecule has 0 saturated heterocycles. The average Bonchev–Trinajstić information content (AvgIpc) is 2.25. The third-order valence-electron chi connectivity index (χ3n) is 2.25. The van der Waals surface area contributed by atoms with E-state index in [1.165, 1.54) is 0 Å². The SMILES string of the molecule is CCC(NS(=O)(=O)CC(=O)O)c1ccccc1. The molecule has 0 aliphatic rings. The molecule has 1 aromatic carbocycles. The maximum absolute atomic E-state index is 11.5. The van der Waals surface area contributed by atoms with E-state index in [4.69, 9.17) is 5.11 Å². The zero-order valence-electron chi connectivity index (χ0n) is 9.46. The monoisotopic (exact) mass is 257 g/mol. The van der Waals surface area contributed by atoms with Crippen LogP contribution in [0.4, 0.5) is 0 Å². The molecule has 17 heavy (non-hydrogen) atoms. The highest BCUT2D eigenvalue weighted by Crippen LogP contribution is 2.16. The molecule has 0 radical (unpaired) electrons. The van der Waals surface area contributed by atoms with Crippen molar-refractivity contribution in [1.29, 1.82) is 0 Å². The summed E-state index contributed by atoms with van der Waals surface area (Å²) < 4.78 is 25.4. The predicted molar refractivity (Wildman–Crippen MR) is 64.0 cm³/mol. The molecule has 1 unspecified atom stereocenters. The number of hydrogen-bond donors (Lipinski definition) is 2. The molecule has 0 amide bonds. The summed E-state index contributed by atoms with van der Waals surface area (Å²) in [5.74, 6) is -2.27. The lowest BCUT2D eigenvalue weighted by atomic mass is 10.1. The number of carbonyl (C=O) groups is 1. The number of sulfonamides is 1. The van der Waals surface area contributed by atoms with E-state index in [1.54, 1.807) is 12.1 Å². The van der Waals surface area contributed by atoms with Crippen molar-refractivity contribution in [3.63, 3.8) is 0 Å². The molecule has 1 atom stereocenters. The van der Waals surface area contributed by atoms with Crippen LogP contribution in [0, 0.1) is 0 Å². The Morgan fingerprint density at radius 3 is 2.41 bits per heavy atom. The van der Waals surface area contributed by atoms with Gasteiger partial charge in [-0.15, -0.1) is 0 Å². The molecule has 0 aliphatic heterocycles. The minimum absolute atomic E-state index is 0.388. The van der Waals surface area contributed by atoms with Crippen LogP contribution in [0.1, 0.15) is 24.9 Å². The Hall–Kier alpha value is -1.40. The van der Waals surface area contributed by atoms with E-state index in [0.717, 1.165) is 5.56 Å². The Kier molecular flexibility index (Phi) is 4.65. The molecule has 2 N–H and O–H groups in total. The van der Waals surface area contributed by atoms with Gasteiger partial charge >= 0.3 is 5.97 Å². The van der Waals surface area contributed by atoms with E-state index in [2.05, 4.69) is 4.72 Å². The summed E-state index contributed by atoms with van der Waals surface area (Å²) in [6.45, 7) is 1.83. The molecular weight excluding hydrogens is 242 g/mol. The summed E-state index contributed by atoms with van der Waals surface area (Å²) >= 11 is 0. The highest BCUT2D eigenvalue weighted by Gasteiger charge is 2.20. The number of rotatable bonds is 6. The summed E-state index contributed by atoms with van der Waals surface area (Å²) in [6, 6.07) is 8.67. The van der Waals surface area contributed by atoms with Gasteiger partial charge in [-0.3, -0.25) is 4.79 Å². The van der Waals surface area contributed by atoms with Gasteiger partial charge in [-0.25, -0.2) is 13.1 Å². The van der Waals surface area contributed by atoms with Gasteiger partial charge in [0.25, 0.3) is 0 Å². The smallest absolute Gasteiger partial charge is 0.320 e. The van der Waals surface area contributed by atoms with Crippen molar-refractivity contribution in [2.24, 2.45) is 0 Å². The number of carboxylic acids is 1. The minimum Gasteiger partial charge on any atom is -0.480 e. The molecule has 0 spiro atoms. The minimum atomic E-state index is -3.79. The lowest BCUT2D eigenvalue weighted by Crippen LogP contribution is -2.33. The maximum atomic E-state index is 11.5. The number of hydrogen-bond acceptors (Lipinski definition) is 3. The third-order valence-corrected chi connectivity index (χ3v) is 3.52. The Bertz CT molecular complexity index is 470. The number of nitrogens with one attached hydrogen (secondary N) is 1. The first-order chi connectivity index (χ1) is 7.94. The first-order valence-electron chi connectivity index (χ1n) is 5.21. The van der Waals surface area contributed by atoms with Crippen molar-refractivity contribution >= 4 is 16.0 Å². The van der Waals surface area contributed by atoms with Gasteiger partial charge < -0.3 is 5.11 Å². The second-order valence-corrected chi connectivity index (χ2v) is 5.40. The molecule has 5 nitrogen and oxygen atoms in total. The van der Waals surface area contributed by atoms with Crippen LogP contribution in [-0.4, -0.2) is 25.2 Å². The molecule has 0 fully saturated rings. The normalized spacial score (nSPS) is 13.2. The lowest BCUT2D eigenvalue weighted by Gasteiger charge is -2.16. The van der Waals surface area contributed by atoms with Gasteiger partial charge in [-0.05, 0) is 12.0 Å². The molecule has 0 heterocycles. The van der Waals surface area contributed by atoms with Gasteiger partial charge in [-0.2, -0.15) is 0 Å². The van der Waals surface area contributed by atoms with E-state index in [-0.39, 0.29) is 6.04 Å². The van der Waals surface area contributed by atoms with Crippen LogP contribution in [0.2, 0.25) is 0 Å². The van der Waals surface area contributed by atoms with Crippen LogP contribution in [0.5, 0.6) is 0 Å². The Morgan fingerprint density at radius 2 is 1.94 bits per heavy atom. The lowest BCUT2D eigenvalue weighted by molar-refractivity contribution is -0.134. The van der Waals surface area contributed by atoms with Gasteiger partial charge in [0.15, 0.2) is 5.75 Å². The van der Waals surface area contributed by atoms with Gasteiger partial charge in [0.05, 0.1) is 0 Å². The summed E-state index contributed by atoms with van der Waals surface area (Å²) in [5.41, 5.74) is 0.823. The number of carboxylic acid groups (broad SMARTS) is 1. The summed E-state index contributed by atoms with van der Waals surface area (Å²) in [6.07, 6.45) is 0.558. The second kappa shape index (κ2) is 5.79. The average molecular weight is 257 g/mol. The molecule has 1 rings (SSSR count). The highest BCUT2D eigenvalue weighted by molar-refractivity contribution is 7.90. The van der Waals surface area contributed by atoms with Gasteiger partial charge in [0.2, 0.25) is 10.0 Å². The van der Waals surface area contributed by atoms with E-state index in [9.17, 15) is 13.2 Å². The van der Waals surface area contributed by atoms with Crippen LogP contribution in [-0.2, 0) is 14.8 Å². The number of aliphatic carboxylic acids is 1. The summed E-state index contributed by atoms with van der Waals surface area (Å²) in [4.78, 5) is 10.4. The zero-order chi connectivity index (χ0) is 12.9. The maximum Gasteiger partial charge on any atom is 0.320 e. The van der Waals surface area contributed by atoms with Crippen LogP contribution in [0.3, 0.4) is 0 Å². The topological polar surface area (TPSA) is 83.5 Å².